The zero-order valence-corrected chi connectivity index (χ0v) is 10.4. The van der Waals surface area contributed by atoms with Crippen LogP contribution in [0.25, 0.3) is 0 Å². The van der Waals surface area contributed by atoms with Crippen molar-refractivity contribution in [2.24, 2.45) is 0 Å². The lowest BCUT2D eigenvalue weighted by molar-refractivity contribution is 0.257. The Labute approximate surface area is 110 Å². The average molecular weight is 265 g/mol. The van der Waals surface area contributed by atoms with E-state index in [0.717, 1.165) is 5.56 Å². The van der Waals surface area contributed by atoms with Crippen LogP contribution < -0.4 is 10.5 Å². The summed E-state index contributed by atoms with van der Waals surface area (Å²) in [5, 5.41) is 9.68. The van der Waals surface area contributed by atoms with Gasteiger partial charge in [0.25, 0.3) is 0 Å². The molecule has 0 radical (unpaired) electrons. The third-order valence-electron chi connectivity index (χ3n) is 2.45. The number of aliphatic hydroxyl groups excluding tert-OH is 1. The van der Waals surface area contributed by atoms with E-state index in [-0.39, 0.29) is 13.2 Å². The number of nitrogen functional groups attached to an aromatic ring is 1. The molecule has 0 fully saturated rings. The molecule has 2 rings (SSSR count). The highest BCUT2D eigenvalue weighted by Crippen LogP contribution is 2.21. The van der Waals surface area contributed by atoms with E-state index in [1.54, 1.807) is 24.3 Å². The normalized spacial score (nSPS) is 10.3. The highest BCUT2D eigenvalue weighted by atomic mass is 35.5. The second-order valence-corrected chi connectivity index (χ2v) is 4.13. The number of nitrogens with two attached hydrogens (primary N) is 1. The first-order valence-corrected chi connectivity index (χ1v) is 5.81. The average Bonchev–Trinajstić information content (AvgIpc) is 2.40. The quantitative estimate of drug-likeness (QED) is 0.890. The third kappa shape index (κ3) is 2.91. The molecule has 1 aromatic heterocycles. The molecule has 0 unspecified atom stereocenters. The fourth-order valence-corrected chi connectivity index (χ4v) is 1.68. The van der Waals surface area contributed by atoms with Crippen LogP contribution in [0.2, 0.25) is 5.02 Å². The topological polar surface area (TPSA) is 68.4 Å². The maximum Gasteiger partial charge on any atom is 0.132 e. The van der Waals surface area contributed by atoms with E-state index >= 15 is 0 Å². The molecule has 0 aliphatic rings. The van der Waals surface area contributed by atoms with E-state index < -0.39 is 0 Å². The first kappa shape index (κ1) is 12.7. The summed E-state index contributed by atoms with van der Waals surface area (Å²) >= 11 is 5.99. The van der Waals surface area contributed by atoms with Gasteiger partial charge in [-0.3, -0.25) is 0 Å². The molecule has 0 bridgehead atoms. The molecular weight excluding hydrogens is 252 g/mol. The maximum absolute atomic E-state index is 9.17. The third-order valence-corrected chi connectivity index (χ3v) is 2.79. The van der Waals surface area contributed by atoms with Crippen LogP contribution >= 0.6 is 11.6 Å². The van der Waals surface area contributed by atoms with Crippen molar-refractivity contribution >= 4 is 17.4 Å². The number of para-hydroxylation sites is 1. The van der Waals surface area contributed by atoms with Crippen LogP contribution in [-0.4, -0.2) is 10.1 Å². The second kappa shape index (κ2) is 5.71. The Balaban J connectivity index is 2.14. The molecule has 0 aliphatic carbocycles. The fourth-order valence-electron chi connectivity index (χ4n) is 1.52. The molecule has 1 aromatic carbocycles. The Morgan fingerprint density at radius 2 is 2.00 bits per heavy atom. The van der Waals surface area contributed by atoms with Gasteiger partial charge in [0.05, 0.1) is 17.3 Å². The SMILES string of the molecule is Nc1ccc(Cl)c(COc2ccccc2CO)n1. The van der Waals surface area contributed by atoms with Gasteiger partial charge in [0.15, 0.2) is 0 Å². The van der Waals surface area contributed by atoms with Gasteiger partial charge in [-0.25, -0.2) is 4.98 Å². The minimum Gasteiger partial charge on any atom is -0.487 e. The Morgan fingerprint density at radius 1 is 1.22 bits per heavy atom. The Kier molecular flexibility index (Phi) is 4.02. The summed E-state index contributed by atoms with van der Waals surface area (Å²) in [6, 6.07) is 10.6. The number of nitrogens with zero attached hydrogens (tertiary/aromatic N) is 1. The fraction of sp³-hybridized carbons (Fsp3) is 0.154. The zero-order valence-electron chi connectivity index (χ0n) is 9.64. The lowest BCUT2D eigenvalue weighted by Gasteiger charge is -2.10. The van der Waals surface area contributed by atoms with E-state index in [1.807, 2.05) is 12.1 Å². The molecule has 2 aromatic rings. The number of benzene rings is 1. The number of rotatable bonds is 4. The summed E-state index contributed by atoms with van der Waals surface area (Å²) in [4.78, 5) is 4.10. The van der Waals surface area contributed by atoms with Gasteiger partial charge in [0.1, 0.15) is 18.2 Å². The number of ether oxygens (including phenoxy) is 1. The van der Waals surface area contributed by atoms with E-state index in [1.165, 1.54) is 0 Å². The summed E-state index contributed by atoms with van der Waals surface area (Å²) in [6.07, 6.45) is 0. The molecule has 0 aliphatic heterocycles. The monoisotopic (exact) mass is 264 g/mol. The maximum atomic E-state index is 9.17. The molecular formula is C13H13ClN2O2. The van der Waals surface area contributed by atoms with Gasteiger partial charge >= 0.3 is 0 Å². The van der Waals surface area contributed by atoms with Crippen LogP contribution in [0.15, 0.2) is 36.4 Å². The van der Waals surface area contributed by atoms with Gasteiger partial charge in [-0.15, -0.1) is 0 Å². The molecule has 0 atom stereocenters. The zero-order chi connectivity index (χ0) is 13.0. The van der Waals surface area contributed by atoms with Gasteiger partial charge in [-0.1, -0.05) is 29.8 Å². The lowest BCUT2D eigenvalue weighted by Crippen LogP contribution is -2.03. The number of anilines is 1. The second-order valence-electron chi connectivity index (χ2n) is 3.72. The highest BCUT2D eigenvalue weighted by molar-refractivity contribution is 6.31. The van der Waals surface area contributed by atoms with Crippen LogP contribution in [0, 0.1) is 0 Å². The molecule has 1 heterocycles. The lowest BCUT2D eigenvalue weighted by atomic mass is 10.2. The van der Waals surface area contributed by atoms with Crippen molar-refractivity contribution in [3.63, 3.8) is 0 Å². The Morgan fingerprint density at radius 3 is 2.78 bits per heavy atom. The van der Waals surface area contributed by atoms with Crippen molar-refractivity contribution in [1.29, 1.82) is 0 Å². The standard InChI is InChI=1S/C13H13ClN2O2/c14-10-5-6-13(15)16-11(10)8-18-12-4-2-1-3-9(12)7-17/h1-6,17H,7-8H2,(H2,15,16). The van der Waals surface area contributed by atoms with Gasteiger partial charge in [0, 0.05) is 5.56 Å². The van der Waals surface area contributed by atoms with Crippen LogP contribution in [0.4, 0.5) is 5.82 Å². The number of halogens is 1. The molecule has 0 saturated heterocycles. The molecule has 18 heavy (non-hydrogen) atoms. The highest BCUT2D eigenvalue weighted by Gasteiger charge is 2.06. The summed E-state index contributed by atoms with van der Waals surface area (Å²) in [5.41, 5.74) is 6.88. The minimum absolute atomic E-state index is 0.0751. The van der Waals surface area contributed by atoms with Gasteiger partial charge < -0.3 is 15.6 Å². The predicted molar refractivity (Wildman–Crippen MR) is 70.4 cm³/mol. The predicted octanol–water partition coefficient (Wildman–Crippen LogP) is 2.39. The van der Waals surface area contributed by atoms with Crippen molar-refractivity contribution in [3.8, 4) is 5.75 Å². The summed E-state index contributed by atoms with van der Waals surface area (Å²) in [7, 11) is 0. The molecule has 0 amide bonds. The number of pyridine rings is 1. The molecule has 94 valence electrons. The van der Waals surface area contributed by atoms with Crippen LogP contribution in [0.5, 0.6) is 5.75 Å². The van der Waals surface area contributed by atoms with E-state index in [2.05, 4.69) is 4.98 Å². The summed E-state index contributed by atoms with van der Waals surface area (Å²) in [6.45, 7) is 0.134. The molecule has 5 heteroatoms. The van der Waals surface area contributed by atoms with Crippen molar-refractivity contribution in [3.05, 3.63) is 52.7 Å². The van der Waals surface area contributed by atoms with Gasteiger partial charge in [0.2, 0.25) is 0 Å². The Bertz CT molecular complexity index is 546. The van der Waals surface area contributed by atoms with E-state index in [9.17, 15) is 5.11 Å². The van der Waals surface area contributed by atoms with Crippen molar-refractivity contribution < 1.29 is 9.84 Å². The van der Waals surface area contributed by atoms with Crippen molar-refractivity contribution in [2.75, 3.05) is 5.73 Å². The number of hydrogen-bond donors (Lipinski definition) is 2. The largest absolute Gasteiger partial charge is 0.487 e. The van der Waals surface area contributed by atoms with Gasteiger partial charge in [-0.2, -0.15) is 0 Å². The smallest absolute Gasteiger partial charge is 0.132 e. The van der Waals surface area contributed by atoms with Crippen LogP contribution in [-0.2, 0) is 13.2 Å². The van der Waals surface area contributed by atoms with Crippen LogP contribution in [0.1, 0.15) is 11.3 Å². The van der Waals surface area contributed by atoms with E-state index in [0.29, 0.717) is 22.3 Å². The van der Waals surface area contributed by atoms with Crippen LogP contribution in [0.3, 0.4) is 0 Å². The number of aromatic nitrogens is 1. The number of hydrogen-bond acceptors (Lipinski definition) is 4. The van der Waals surface area contributed by atoms with Gasteiger partial charge in [-0.05, 0) is 18.2 Å². The van der Waals surface area contributed by atoms with Crippen molar-refractivity contribution in [1.82, 2.24) is 4.98 Å². The first-order chi connectivity index (χ1) is 8.70. The molecule has 3 N–H and O–H groups in total. The van der Waals surface area contributed by atoms with E-state index in [4.69, 9.17) is 22.1 Å². The molecule has 0 saturated carbocycles. The molecule has 0 spiro atoms. The summed E-state index contributed by atoms with van der Waals surface area (Å²) in [5.74, 6) is 1.01. The Hall–Kier alpha value is -1.78. The first-order valence-electron chi connectivity index (χ1n) is 5.43. The number of aliphatic hydroxyl groups is 1. The minimum atomic E-state index is -0.0751. The molecule has 4 nitrogen and oxygen atoms in total. The summed E-state index contributed by atoms with van der Waals surface area (Å²) < 4.78 is 5.59. The van der Waals surface area contributed by atoms with Crippen molar-refractivity contribution in [2.45, 2.75) is 13.2 Å².